The number of carbonyl (C=O) groups excluding carboxylic acids is 1. The SMILES string of the molecule is CCN1CCN(CCCNC(=O)Cc2ccc(N)cc2)CC1.Cl.Cl.Cl. The van der Waals surface area contributed by atoms with E-state index in [1.54, 1.807) is 0 Å². The molecule has 2 rings (SSSR count). The number of nitrogens with zero attached hydrogens (tertiary/aromatic N) is 2. The molecule has 1 fully saturated rings. The van der Waals surface area contributed by atoms with Crippen LogP contribution in [-0.2, 0) is 11.2 Å². The predicted molar refractivity (Wildman–Crippen MR) is 112 cm³/mol. The van der Waals surface area contributed by atoms with Gasteiger partial charge in [-0.25, -0.2) is 0 Å². The summed E-state index contributed by atoms with van der Waals surface area (Å²) in [4.78, 5) is 16.8. The highest BCUT2D eigenvalue weighted by Crippen LogP contribution is 2.06. The minimum atomic E-state index is 0. The first-order chi connectivity index (χ1) is 10.7. The molecule has 1 aromatic carbocycles. The monoisotopic (exact) mass is 412 g/mol. The van der Waals surface area contributed by atoms with Crippen LogP contribution in [0.1, 0.15) is 18.9 Å². The van der Waals surface area contributed by atoms with Crippen molar-refractivity contribution in [3.63, 3.8) is 0 Å². The third kappa shape index (κ3) is 10.1. The molecule has 146 valence electrons. The Morgan fingerprint density at radius 1 is 1.04 bits per heavy atom. The minimum absolute atomic E-state index is 0. The van der Waals surface area contributed by atoms with E-state index in [4.69, 9.17) is 5.73 Å². The van der Waals surface area contributed by atoms with Gasteiger partial charge in [-0.15, -0.1) is 37.2 Å². The number of hydrogen-bond acceptors (Lipinski definition) is 4. The second-order valence-electron chi connectivity index (χ2n) is 5.90. The Morgan fingerprint density at radius 2 is 1.60 bits per heavy atom. The van der Waals surface area contributed by atoms with Gasteiger partial charge in [0.25, 0.3) is 0 Å². The summed E-state index contributed by atoms with van der Waals surface area (Å²) in [5.74, 6) is 0.0839. The third-order valence-electron chi connectivity index (χ3n) is 4.23. The fourth-order valence-corrected chi connectivity index (χ4v) is 2.74. The van der Waals surface area contributed by atoms with E-state index in [9.17, 15) is 4.79 Å². The molecule has 1 aliphatic heterocycles. The van der Waals surface area contributed by atoms with Gasteiger partial charge in [0.05, 0.1) is 6.42 Å². The zero-order chi connectivity index (χ0) is 15.8. The smallest absolute Gasteiger partial charge is 0.224 e. The highest BCUT2D eigenvalue weighted by molar-refractivity contribution is 5.86. The van der Waals surface area contributed by atoms with Gasteiger partial charge in [0.2, 0.25) is 5.91 Å². The largest absolute Gasteiger partial charge is 0.399 e. The molecule has 1 heterocycles. The first kappa shape index (κ1) is 26.5. The average Bonchev–Trinajstić information content (AvgIpc) is 2.54. The number of hydrogen-bond donors (Lipinski definition) is 2. The van der Waals surface area contributed by atoms with Gasteiger partial charge in [0.15, 0.2) is 0 Å². The summed E-state index contributed by atoms with van der Waals surface area (Å²) in [6.07, 6.45) is 1.44. The Bertz CT molecular complexity index is 465. The maximum Gasteiger partial charge on any atom is 0.224 e. The van der Waals surface area contributed by atoms with E-state index < -0.39 is 0 Å². The zero-order valence-electron chi connectivity index (χ0n) is 14.8. The number of nitrogens with one attached hydrogen (secondary N) is 1. The van der Waals surface area contributed by atoms with E-state index in [0.29, 0.717) is 6.42 Å². The summed E-state index contributed by atoms with van der Waals surface area (Å²) in [5, 5.41) is 3.00. The predicted octanol–water partition coefficient (Wildman–Crippen LogP) is 2.22. The fraction of sp³-hybridized carbons (Fsp3) is 0.588. The van der Waals surface area contributed by atoms with Crippen LogP contribution in [0.3, 0.4) is 0 Å². The van der Waals surface area contributed by atoms with Crippen molar-refractivity contribution in [3.8, 4) is 0 Å². The molecule has 1 aliphatic rings. The van der Waals surface area contributed by atoms with Gasteiger partial charge in [-0.1, -0.05) is 19.1 Å². The van der Waals surface area contributed by atoms with Crippen LogP contribution in [0.5, 0.6) is 0 Å². The highest BCUT2D eigenvalue weighted by atomic mass is 35.5. The van der Waals surface area contributed by atoms with Crippen LogP contribution in [0.15, 0.2) is 24.3 Å². The van der Waals surface area contributed by atoms with Crippen molar-refractivity contribution in [2.45, 2.75) is 19.8 Å². The van der Waals surface area contributed by atoms with Gasteiger partial charge < -0.3 is 20.9 Å². The number of anilines is 1. The quantitative estimate of drug-likeness (QED) is 0.531. The van der Waals surface area contributed by atoms with Crippen molar-refractivity contribution in [3.05, 3.63) is 29.8 Å². The number of carbonyl (C=O) groups is 1. The summed E-state index contributed by atoms with van der Waals surface area (Å²) in [5.41, 5.74) is 7.37. The second kappa shape index (κ2) is 14.4. The molecular formula is C17H31Cl3N4O. The van der Waals surface area contributed by atoms with Crippen LogP contribution in [0.25, 0.3) is 0 Å². The molecular weight excluding hydrogens is 383 g/mol. The number of likely N-dealkylation sites (N-methyl/N-ethyl adjacent to an activating group) is 1. The highest BCUT2D eigenvalue weighted by Gasteiger charge is 2.14. The zero-order valence-corrected chi connectivity index (χ0v) is 17.2. The van der Waals surface area contributed by atoms with Gasteiger partial charge >= 0.3 is 0 Å². The lowest BCUT2D eigenvalue weighted by molar-refractivity contribution is -0.120. The summed E-state index contributed by atoms with van der Waals surface area (Å²) in [6, 6.07) is 7.47. The standard InChI is InChI=1S/C17H28N4O.3ClH/c1-2-20-10-12-21(13-11-20)9-3-8-19-17(22)14-15-4-6-16(18)7-5-15;;;/h4-7H,2-3,8-14,18H2,1H3,(H,19,22);3*1H. The van der Waals surface area contributed by atoms with Crippen LogP contribution < -0.4 is 11.1 Å². The van der Waals surface area contributed by atoms with E-state index in [1.807, 2.05) is 24.3 Å². The molecule has 0 atom stereocenters. The van der Waals surface area contributed by atoms with Crippen molar-refractivity contribution in [2.24, 2.45) is 0 Å². The molecule has 1 aromatic rings. The maximum atomic E-state index is 11.9. The van der Waals surface area contributed by atoms with Crippen molar-refractivity contribution in [1.82, 2.24) is 15.1 Å². The Hall–Kier alpha value is -0.720. The molecule has 0 saturated carbocycles. The molecule has 8 heteroatoms. The number of amides is 1. The molecule has 0 unspecified atom stereocenters. The summed E-state index contributed by atoms with van der Waals surface area (Å²) in [6.45, 7) is 9.81. The summed E-state index contributed by atoms with van der Waals surface area (Å²) in [7, 11) is 0. The topological polar surface area (TPSA) is 61.6 Å². The van der Waals surface area contributed by atoms with E-state index in [1.165, 1.54) is 13.1 Å². The van der Waals surface area contributed by atoms with Crippen molar-refractivity contribution in [2.75, 3.05) is 51.5 Å². The van der Waals surface area contributed by atoms with Crippen LogP contribution in [0.2, 0.25) is 0 Å². The molecule has 0 spiro atoms. The molecule has 1 saturated heterocycles. The van der Waals surface area contributed by atoms with Crippen LogP contribution >= 0.6 is 37.2 Å². The lowest BCUT2D eigenvalue weighted by atomic mass is 10.1. The van der Waals surface area contributed by atoms with E-state index >= 15 is 0 Å². The van der Waals surface area contributed by atoms with Crippen LogP contribution in [0.4, 0.5) is 5.69 Å². The Morgan fingerprint density at radius 3 is 2.16 bits per heavy atom. The first-order valence-electron chi connectivity index (χ1n) is 8.23. The molecule has 0 bridgehead atoms. The Kier molecular flexibility index (Phi) is 15.3. The van der Waals surface area contributed by atoms with Gasteiger partial charge in [-0.3, -0.25) is 4.79 Å². The molecule has 3 N–H and O–H groups in total. The second-order valence-corrected chi connectivity index (χ2v) is 5.90. The number of rotatable bonds is 7. The van der Waals surface area contributed by atoms with Crippen LogP contribution in [-0.4, -0.2) is 61.5 Å². The normalized spacial score (nSPS) is 14.6. The summed E-state index contributed by atoms with van der Waals surface area (Å²) >= 11 is 0. The first-order valence-corrected chi connectivity index (χ1v) is 8.23. The number of halogens is 3. The number of nitrogen functional groups attached to an aromatic ring is 1. The van der Waals surface area contributed by atoms with Gasteiger partial charge in [-0.2, -0.15) is 0 Å². The molecule has 0 aliphatic carbocycles. The lowest BCUT2D eigenvalue weighted by Crippen LogP contribution is -2.46. The average molecular weight is 414 g/mol. The molecule has 25 heavy (non-hydrogen) atoms. The van der Waals surface area contributed by atoms with Gasteiger partial charge in [-0.05, 0) is 37.2 Å². The van der Waals surface area contributed by atoms with Gasteiger partial charge in [0.1, 0.15) is 0 Å². The van der Waals surface area contributed by atoms with Gasteiger partial charge in [0, 0.05) is 38.4 Å². The Balaban J connectivity index is 0. The number of piperazine rings is 1. The molecule has 5 nitrogen and oxygen atoms in total. The molecule has 0 radical (unpaired) electrons. The maximum absolute atomic E-state index is 11.9. The van der Waals surface area contributed by atoms with E-state index in [0.717, 1.165) is 50.4 Å². The molecule has 1 amide bonds. The lowest BCUT2D eigenvalue weighted by Gasteiger charge is -2.33. The van der Waals surface area contributed by atoms with Crippen molar-refractivity contribution in [1.29, 1.82) is 0 Å². The number of nitrogens with two attached hydrogens (primary N) is 1. The summed E-state index contributed by atoms with van der Waals surface area (Å²) < 4.78 is 0. The third-order valence-corrected chi connectivity index (χ3v) is 4.23. The molecule has 0 aromatic heterocycles. The van der Waals surface area contributed by atoms with Crippen LogP contribution in [0, 0.1) is 0 Å². The fourth-order valence-electron chi connectivity index (χ4n) is 2.74. The van der Waals surface area contributed by atoms with Crippen molar-refractivity contribution >= 4 is 48.8 Å². The minimum Gasteiger partial charge on any atom is -0.399 e. The van der Waals surface area contributed by atoms with Crippen molar-refractivity contribution < 1.29 is 4.79 Å². The number of benzene rings is 1. The van der Waals surface area contributed by atoms with E-state index in [2.05, 4.69) is 22.0 Å². The Labute approximate surface area is 169 Å². The van der Waals surface area contributed by atoms with E-state index in [-0.39, 0.29) is 43.1 Å².